The number of aromatic nitrogens is 1. The van der Waals surface area contributed by atoms with E-state index in [4.69, 9.17) is 14.2 Å². The molecular weight excluding hydrogens is 532 g/mol. The van der Waals surface area contributed by atoms with Crippen LogP contribution in [0.5, 0.6) is 5.75 Å². The first kappa shape index (κ1) is 30.5. The number of hydrogen-bond acceptors (Lipinski definition) is 7. The highest BCUT2D eigenvalue weighted by atomic mass is 19.3. The first-order valence-electron chi connectivity index (χ1n) is 13.8. The van der Waals surface area contributed by atoms with Gasteiger partial charge in [-0.2, -0.15) is 0 Å². The van der Waals surface area contributed by atoms with Crippen molar-refractivity contribution >= 4 is 23.0 Å². The lowest BCUT2D eigenvalue weighted by atomic mass is 10.00. The first-order valence-corrected chi connectivity index (χ1v) is 13.8. The summed E-state index contributed by atoms with van der Waals surface area (Å²) in [6, 6.07) is 10.7. The van der Waals surface area contributed by atoms with Gasteiger partial charge in [0.15, 0.2) is 0 Å². The highest BCUT2D eigenvalue weighted by Crippen LogP contribution is 2.36. The Hall–Kier alpha value is -3.50. The molecular formula is C31H39F2N3O5. The Balaban J connectivity index is 1.75. The Bertz CT molecular complexity index is 1380. The Labute approximate surface area is 239 Å². The molecule has 1 aliphatic heterocycles. The van der Waals surface area contributed by atoms with Crippen molar-refractivity contribution in [3.05, 3.63) is 64.8 Å². The van der Waals surface area contributed by atoms with Crippen molar-refractivity contribution in [2.24, 2.45) is 0 Å². The van der Waals surface area contributed by atoms with Crippen LogP contribution in [0, 0.1) is 6.92 Å². The molecule has 1 aliphatic rings. The number of halogens is 2. The van der Waals surface area contributed by atoms with E-state index < -0.39 is 24.1 Å². The summed E-state index contributed by atoms with van der Waals surface area (Å²) in [5.41, 5.74) is 3.19. The van der Waals surface area contributed by atoms with Crippen molar-refractivity contribution in [1.29, 1.82) is 0 Å². The van der Waals surface area contributed by atoms with E-state index in [9.17, 15) is 18.4 Å². The average Bonchev–Trinajstić information content (AvgIpc) is 3.28. The maximum absolute atomic E-state index is 13.4. The van der Waals surface area contributed by atoms with E-state index in [1.165, 1.54) is 11.7 Å². The van der Waals surface area contributed by atoms with Gasteiger partial charge in [0.1, 0.15) is 11.4 Å². The van der Waals surface area contributed by atoms with E-state index in [0.29, 0.717) is 43.9 Å². The molecule has 41 heavy (non-hydrogen) atoms. The zero-order valence-corrected chi connectivity index (χ0v) is 24.6. The highest BCUT2D eigenvalue weighted by Gasteiger charge is 2.30. The number of fused-ring (bicyclic) bond motifs is 1. The van der Waals surface area contributed by atoms with Crippen LogP contribution in [0.25, 0.3) is 10.9 Å². The summed E-state index contributed by atoms with van der Waals surface area (Å²) in [7, 11) is 2.95. The van der Waals surface area contributed by atoms with Gasteiger partial charge < -0.3 is 14.2 Å². The molecule has 4 rings (SSSR count). The standard InChI is InChI=1S/C31H39F2N3O5/c1-20-16-26(39-5)24(23-12-15-36(28(20)23)30(38)41-31(2,3)4)17-35-14-7-13-34(19-27(32)33)18-25(35)21-8-10-22(11-9-21)29(37)40-6/h8-12,15-16,25,27H,7,13-14,17-19H2,1-6H3. The smallest absolute Gasteiger partial charge is 0.419 e. The molecule has 1 aromatic heterocycles. The third-order valence-corrected chi connectivity index (χ3v) is 7.31. The van der Waals surface area contributed by atoms with E-state index in [0.717, 1.165) is 27.6 Å². The Morgan fingerprint density at radius 2 is 1.78 bits per heavy atom. The second-order valence-corrected chi connectivity index (χ2v) is 11.4. The van der Waals surface area contributed by atoms with Gasteiger partial charge in [0, 0.05) is 42.8 Å². The molecule has 2 heterocycles. The van der Waals surface area contributed by atoms with Crippen LogP contribution in [-0.4, -0.2) is 78.9 Å². The molecule has 0 amide bonds. The zero-order valence-electron chi connectivity index (χ0n) is 24.6. The second-order valence-electron chi connectivity index (χ2n) is 11.4. The number of ether oxygens (including phenoxy) is 3. The monoisotopic (exact) mass is 571 g/mol. The van der Waals surface area contributed by atoms with Crippen LogP contribution in [-0.2, 0) is 16.0 Å². The molecule has 2 aromatic carbocycles. The number of carbonyl (C=O) groups excluding carboxylic acids is 2. The number of esters is 1. The van der Waals surface area contributed by atoms with Crippen molar-refractivity contribution < 1.29 is 32.6 Å². The molecule has 0 spiro atoms. The van der Waals surface area contributed by atoms with Crippen molar-refractivity contribution in [2.75, 3.05) is 40.4 Å². The minimum atomic E-state index is -2.44. The lowest BCUT2D eigenvalue weighted by molar-refractivity contribution is 0.0542. The van der Waals surface area contributed by atoms with Crippen LogP contribution in [0.4, 0.5) is 13.6 Å². The van der Waals surface area contributed by atoms with Crippen LogP contribution in [0.15, 0.2) is 42.6 Å². The van der Waals surface area contributed by atoms with E-state index in [1.54, 1.807) is 30.3 Å². The number of hydrogen-bond donors (Lipinski definition) is 0. The molecule has 222 valence electrons. The van der Waals surface area contributed by atoms with Gasteiger partial charge in [0.05, 0.1) is 31.8 Å². The van der Waals surface area contributed by atoms with E-state index in [1.807, 2.05) is 52.0 Å². The summed E-state index contributed by atoms with van der Waals surface area (Å²) < 4.78 is 44.7. The normalized spacial score (nSPS) is 17.0. The largest absolute Gasteiger partial charge is 0.496 e. The number of nitrogens with zero attached hydrogens (tertiary/aromatic N) is 3. The van der Waals surface area contributed by atoms with Crippen LogP contribution in [0.2, 0.25) is 0 Å². The molecule has 3 aromatic rings. The van der Waals surface area contributed by atoms with Gasteiger partial charge in [-0.1, -0.05) is 12.1 Å². The predicted molar refractivity (Wildman–Crippen MR) is 153 cm³/mol. The van der Waals surface area contributed by atoms with Crippen LogP contribution >= 0.6 is 0 Å². The minimum absolute atomic E-state index is 0.225. The van der Waals surface area contributed by atoms with Crippen molar-refractivity contribution in [2.45, 2.75) is 58.7 Å². The third-order valence-electron chi connectivity index (χ3n) is 7.31. The molecule has 1 atom stereocenters. The van der Waals surface area contributed by atoms with Crippen LogP contribution in [0.1, 0.15) is 60.3 Å². The van der Waals surface area contributed by atoms with Gasteiger partial charge in [-0.3, -0.25) is 14.4 Å². The summed E-state index contributed by atoms with van der Waals surface area (Å²) in [5.74, 6) is 0.250. The molecule has 1 unspecified atom stereocenters. The fourth-order valence-electron chi connectivity index (χ4n) is 5.50. The number of methoxy groups -OCH3 is 2. The number of benzene rings is 2. The SMILES string of the molecule is COC(=O)c1ccc(C2CN(CC(F)F)CCCN2Cc2c(OC)cc(C)c3c2ccn3C(=O)OC(C)(C)C)cc1. The molecule has 0 N–H and O–H groups in total. The summed E-state index contributed by atoms with van der Waals surface area (Å²) in [5, 5.41) is 0.862. The maximum atomic E-state index is 13.4. The predicted octanol–water partition coefficient (Wildman–Crippen LogP) is 6.04. The fourth-order valence-corrected chi connectivity index (χ4v) is 5.50. The summed E-state index contributed by atoms with van der Waals surface area (Å²) in [6.45, 7) is 9.17. The minimum Gasteiger partial charge on any atom is -0.496 e. The molecule has 8 nitrogen and oxygen atoms in total. The Morgan fingerprint density at radius 1 is 1.07 bits per heavy atom. The molecule has 0 saturated carbocycles. The van der Waals surface area contributed by atoms with Crippen molar-refractivity contribution in [3.8, 4) is 5.75 Å². The fraction of sp³-hybridized carbons (Fsp3) is 0.484. The Morgan fingerprint density at radius 3 is 2.39 bits per heavy atom. The number of rotatable bonds is 7. The third kappa shape index (κ3) is 7.05. The number of aryl methyl sites for hydroxylation is 1. The first-order chi connectivity index (χ1) is 19.4. The molecule has 0 radical (unpaired) electrons. The zero-order chi connectivity index (χ0) is 29.9. The lowest BCUT2D eigenvalue weighted by Crippen LogP contribution is -2.36. The van der Waals surface area contributed by atoms with Gasteiger partial charge in [-0.05, 0) is 76.1 Å². The molecule has 1 fully saturated rings. The summed E-state index contributed by atoms with van der Waals surface area (Å²) in [4.78, 5) is 29.1. The van der Waals surface area contributed by atoms with Crippen molar-refractivity contribution in [1.82, 2.24) is 14.4 Å². The van der Waals surface area contributed by atoms with Crippen LogP contribution in [0.3, 0.4) is 0 Å². The number of alkyl halides is 2. The molecule has 10 heteroatoms. The van der Waals surface area contributed by atoms with Gasteiger partial charge in [0.25, 0.3) is 6.43 Å². The van der Waals surface area contributed by atoms with Gasteiger partial charge in [-0.15, -0.1) is 0 Å². The highest BCUT2D eigenvalue weighted by molar-refractivity contribution is 5.95. The summed E-state index contributed by atoms with van der Waals surface area (Å²) >= 11 is 0. The molecule has 1 saturated heterocycles. The molecule has 0 bridgehead atoms. The second kappa shape index (κ2) is 12.6. The van der Waals surface area contributed by atoms with E-state index in [2.05, 4.69) is 4.90 Å². The quantitative estimate of drug-likeness (QED) is 0.320. The number of carbonyl (C=O) groups is 2. The van der Waals surface area contributed by atoms with E-state index >= 15 is 0 Å². The van der Waals surface area contributed by atoms with Crippen molar-refractivity contribution in [3.63, 3.8) is 0 Å². The van der Waals surface area contributed by atoms with Gasteiger partial charge in [0.2, 0.25) is 0 Å². The summed E-state index contributed by atoms with van der Waals surface area (Å²) in [6.07, 6.45) is -0.481. The van der Waals surface area contributed by atoms with E-state index in [-0.39, 0.29) is 12.6 Å². The van der Waals surface area contributed by atoms with Crippen LogP contribution < -0.4 is 4.74 Å². The average molecular weight is 572 g/mol. The Kier molecular flexibility index (Phi) is 9.34. The topological polar surface area (TPSA) is 73.2 Å². The lowest BCUT2D eigenvalue weighted by Gasteiger charge is -2.33. The maximum Gasteiger partial charge on any atom is 0.419 e. The molecule has 0 aliphatic carbocycles. The van der Waals surface area contributed by atoms with Gasteiger partial charge >= 0.3 is 12.1 Å². The van der Waals surface area contributed by atoms with Gasteiger partial charge in [-0.25, -0.2) is 18.4 Å².